The largest absolute Gasteiger partial charge is 0.465 e. The van der Waals surface area contributed by atoms with Gasteiger partial charge >= 0.3 is 12.1 Å². The van der Waals surface area contributed by atoms with Crippen LogP contribution in [0, 0.1) is 5.41 Å². The number of carboxylic acid groups (broad SMARTS) is 1. The molecule has 3 saturated heterocycles. The number of piperidine rings is 2. The molecule has 196 valence electrons. The normalized spacial score (nSPS) is 24.2. The molecule has 1 unspecified atom stereocenters. The fourth-order valence-electron chi connectivity index (χ4n) is 6.29. The molecule has 2 aromatic rings. The molecular formula is C28H34N4O5. The van der Waals surface area contributed by atoms with E-state index in [1.165, 1.54) is 6.20 Å². The molecule has 0 saturated carbocycles. The highest BCUT2D eigenvalue weighted by Crippen LogP contribution is 2.46. The number of nitrogens with one attached hydrogen (secondary N) is 1. The van der Waals surface area contributed by atoms with Crippen LogP contribution < -0.4 is 5.32 Å². The molecule has 4 heterocycles. The van der Waals surface area contributed by atoms with E-state index in [0.29, 0.717) is 36.9 Å². The number of anilines is 1. The first-order valence-electron chi connectivity index (χ1n) is 13.0. The number of likely N-dealkylation sites (tertiary alicyclic amines) is 2. The molecule has 5 rings (SSSR count). The lowest BCUT2D eigenvalue weighted by Crippen LogP contribution is -2.53. The smallest absolute Gasteiger partial charge is 0.409 e. The molecule has 3 aliphatic rings. The van der Waals surface area contributed by atoms with Gasteiger partial charge in [-0.2, -0.15) is 0 Å². The number of pyridine rings is 1. The summed E-state index contributed by atoms with van der Waals surface area (Å²) in [6.07, 6.45) is 4.36. The van der Waals surface area contributed by atoms with Gasteiger partial charge in [-0.15, -0.1) is 0 Å². The van der Waals surface area contributed by atoms with Crippen LogP contribution in [0.25, 0.3) is 11.3 Å². The monoisotopic (exact) mass is 506 g/mol. The molecule has 2 amide bonds. The summed E-state index contributed by atoms with van der Waals surface area (Å²) in [6, 6.07) is 11.5. The lowest BCUT2D eigenvalue weighted by molar-refractivity contribution is -0.154. The summed E-state index contributed by atoms with van der Waals surface area (Å²) in [6.45, 7) is 6.77. The molecule has 1 spiro atoms. The van der Waals surface area contributed by atoms with E-state index in [2.05, 4.69) is 15.2 Å². The molecule has 2 N–H and O–H groups in total. The molecule has 3 fully saturated rings. The number of carbonyl (C=O) groups is 3. The number of rotatable bonds is 4. The Morgan fingerprint density at radius 3 is 2.51 bits per heavy atom. The average Bonchev–Trinajstić information content (AvgIpc) is 3.10. The Balaban J connectivity index is 1.29. The van der Waals surface area contributed by atoms with Crippen LogP contribution in [0.2, 0.25) is 0 Å². The Kier molecular flexibility index (Phi) is 6.66. The summed E-state index contributed by atoms with van der Waals surface area (Å²) >= 11 is 0. The van der Waals surface area contributed by atoms with Gasteiger partial charge < -0.3 is 14.7 Å². The standard InChI is InChI=1S/C28H34N4O5/c1-27(2)17-28(25(34)37-27)11-6-12-32(18-28)20-9-13-31(14-10-20)24(33)21-15-22(19-7-4-3-5-8-19)29-16-23(21)30-26(35)36/h3-5,7-8,15-16,20,30H,6,9-14,17-18H2,1-2H3,(H,35,36). The predicted molar refractivity (Wildman–Crippen MR) is 138 cm³/mol. The predicted octanol–water partition coefficient (Wildman–Crippen LogP) is 4.25. The number of esters is 1. The van der Waals surface area contributed by atoms with E-state index in [1.807, 2.05) is 44.2 Å². The van der Waals surface area contributed by atoms with Gasteiger partial charge in [-0.05, 0) is 52.1 Å². The maximum Gasteiger partial charge on any atom is 0.409 e. The minimum absolute atomic E-state index is 0.0693. The summed E-state index contributed by atoms with van der Waals surface area (Å²) in [5.74, 6) is -0.279. The molecule has 1 aromatic heterocycles. The molecular weight excluding hydrogens is 472 g/mol. The molecule has 0 bridgehead atoms. The van der Waals surface area contributed by atoms with E-state index in [4.69, 9.17) is 4.74 Å². The van der Waals surface area contributed by atoms with Crippen LogP contribution in [0.5, 0.6) is 0 Å². The Bertz CT molecular complexity index is 1190. The Labute approximate surface area is 216 Å². The lowest BCUT2D eigenvalue weighted by Gasteiger charge is -2.44. The van der Waals surface area contributed by atoms with Crippen molar-refractivity contribution in [1.82, 2.24) is 14.8 Å². The third-order valence-corrected chi connectivity index (χ3v) is 7.89. The number of cyclic esters (lactones) is 1. The van der Waals surface area contributed by atoms with E-state index < -0.39 is 17.1 Å². The number of ether oxygens (including phenoxy) is 1. The highest BCUT2D eigenvalue weighted by atomic mass is 16.6. The van der Waals surface area contributed by atoms with E-state index >= 15 is 0 Å². The molecule has 1 aromatic carbocycles. The van der Waals surface area contributed by atoms with E-state index in [9.17, 15) is 19.5 Å². The average molecular weight is 507 g/mol. The van der Waals surface area contributed by atoms with Crippen molar-refractivity contribution in [3.8, 4) is 11.3 Å². The summed E-state index contributed by atoms with van der Waals surface area (Å²) in [4.78, 5) is 46.3. The summed E-state index contributed by atoms with van der Waals surface area (Å²) in [5, 5.41) is 11.6. The number of hydrogen-bond donors (Lipinski definition) is 2. The first-order valence-corrected chi connectivity index (χ1v) is 13.0. The van der Waals surface area contributed by atoms with Crippen LogP contribution >= 0.6 is 0 Å². The number of nitrogens with zero attached hydrogens (tertiary/aromatic N) is 3. The summed E-state index contributed by atoms with van der Waals surface area (Å²) < 4.78 is 5.68. The van der Waals surface area contributed by atoms with Crippen molar-refractivity contribution in [2.45, 2.75) is 57.6 Å². The summed E-state index contributed by atoms with van der Waals surface area (Å²) in [5.41, 5.74) is 1.10. The number of hydrogen-bond acceptors (Lipinski definition) is 6. The molecule has 9 nitrogen and oxygen atoms in total. The summed E-state index contributed by atoms with van der Waals surface area (Å²) in [7, 11) is 0. The van der Waals surface area contributed by atoms with Crippen molar-refractivity contribution >= 4 is 23.7 Å². The van der Waals surface area contributed by atoms with Crippen LogP contribution in [0.1, 0.15) is 56.3 Å². The molecule has 9 heteroatoms. The Morgan fingerprint density at radius 2 is 1.86 bits per heavy atom. The zero-order chi connectivity index (χ0) is 26.2. The van der Waals surface area contributed by atoms with Gasteiger partial charge in [-0.1, -0.05) is 30.3 Å². The molecule has 1 atom stereocenters. The van der Waals surface area contributed by atoms with Gasteiger partial charge in [-0.3, -0.25) is 24.8 Å². The number of carbonyl (C=O) groups excluding carboxylic acids is 2. The van der Waals surface area contributed by atoms with Crippen LogP contribution in [0.3, 0.4) is 0 Å². The van der Waals surface area contributed by atoms with Gasteiger partial charge in [0.1, 0.15) is 5.60 Å². The van der Waals surface area contributed by atoms with Crippen molar-refractivity contribution in [3.05, 3.63) is 48.2 Å². The van der Waals surface area contributed by atoms with Gasteiger partial charge in [0.2, 0.25) is 0 Å². The quantitative estimate of drug-likeness (QED) is 0.596. The number of amides is 2. The molecule has 37 heavy (non-hydrogen) atoms. The third kappa shape index (κ3) is 5.18. The fourth-order valence-corrected chi connectivity index (χ4v) is 6.29. The second-order valence-corrected chi connectivity index (χ2v) is 11.1. The zero-order valence-electron chi connectivity index (χ0n) is 21.4. The lowest BCUT2D eigenvalue weighted by atomic mass is 9.74. The van der Waals surface area contributed by atoms with Crippen LogP contribution in [0.15, 0.2) is 42.6 Å². The Hall–Kier alpha value is -3.46. The van der Waals surface area contributed by atoms with Gasteiger partial charge in [0, 0.05) is 37.7 Å². The van der Waals surface area contributed by atoms with Crippen molar-refractivity contribution in [3.63, 3.8) is 0 Å². The van der Waals surface area contributed by atoms with Crippen molar-refractivity contribution < 1.29 is 24.2 Å². The van der Waals surface area contributed by atoms with Crippen molar-refractivity contribution in [1.29, 1.82) is 0 Å². The topological polar surface area (TPSA) is 112 Å². The van der Waals surface area contributed by atoms with Crippen molar-refractivity contribution in [2.24, 2.45) is 5.41 Å². The zero-order valence-corrected chi connectivity index (χ0v) is 21.4. The van der Waals surface area contributed by atoms with Gasteiger partial charge in [-0.25, -0.2) is 4.79 Å². The fraction of sp³-hybridized carbons (Fsp3) is 0.500. The minimum Gasteiger partial charge on any atom is -0.465 e. The van der Waals surface area contributed by atoms with Crippen molar-refractivity contribution in [2.75, 3.05) is 31.5 Å². The maximum atomic E-state index is 13.6. The van der Waals surface area contributed by atoms with Crippen LogP contribution in [-0.4, -0.2) is 75.7 Å². The Morgan fingerprint density at radius 1 is 1.14 bits per heavy atom. The number of aromatic nitrogens is 1. The van der Waals surface area contributed by atoms with E-state index in [1.54, 1.807) is 11.0 Å². The first kappa shape index (κ1) is 25.2. The molecule has 3 aliphatic heterocycles. The second-order valence-electron chi connectivity index (χ2n) is 11.1. The highest BCUT2D eigenvalue weighted by molar-refractivity contribution is 6.03. The highest BCUT2D eigenvalue weighted by Gasteiger charge is 2.54. The van der Waals surface area contributed by atoms with E-state index in [0.717, 1.165) is 44.2 Å². The molecule has 0 radical (unpaired) electrons. The van der Waals surface area contributed by atoms with Crippen LogP contribution in [0.4, 0.5) is 10.5 Å². The first-order chi connectivity index (χ1) is 17.7. The van der Waals surface area contributed by atoms with Gasteiger partial charge in [0.05, 0.1) is 28.6 Å². The SMILES string of the molecule is CC1(C)CC2(CCCN(C3CCN(C(=O)c4cc(-c5ccccc5)ncc4NC(=O)O)CC3)C2)C(=O)O1. The number of benzene rings is 1. The van der Waals surface area contributed by atoms with E-state index in [-0.39, 0.29) is 17.6 Å². The van der Waals surface area contributed by atoms with Gasteiger partial charge in [0.25, 0.3) is 5.91 Å². The second kappa shape index (κ2) is 9.78. The third-order valence-electron chi connectivity index (χ3n) is 7.89. The molecule has 0 aliphatic carbocycles. The maximum absolute atomic E-state index is 13.6. The van der Waals surface area contributed by atoms with Crippen LogP contribution in [-0.2, 0) is 9.53 Å². The van der Waals surface area contributed by atoms with Gasteiger partial charge in [0.15, 0.2) is 0 Å². The minimum atomic E-state index is -1.24.